The first-order chi connectivity index (χ1) is 17.8. The van der Waals surface area contributed by atoms with E-state index in [1.54, 1.807) is 17.0 Å². The molecule has 0 saturated heterocycles. The van der Waals surface area contributed by atoms with Crippen LogP contribution in [0.15, 0.2) is 60.7 Å². The second-order valence-electron chi connectivity index (χ2n) is 8.79. The SMILES string of the molecule is O=C(NCCN1C(=O)C2(COc3cc4c(cc32)OCO4)c2ccccc21)Nc1ccccc1C(F)(F)F. The van der Waals surface area contributed by atoms with E-state index in [-0.39, 0.29) is 38.1 Å². The molecule has 2 N–H and O–H groups in total. The van der Waals surface area contributed by atoms with E-state index < -0.39 is 23.2 Å². The van der Waals surface area contributed by atoms with Crippen LogP contribution >= 0.6 is 0 Å². The van der Waals surface area contributed by atoms with E-state index in [0.29, 0.717) is 28.5 Å². The van der Waals surface area contributed by atoms with E-state index in [0.717, 1.165) is 11.6 Å². The van der Waals surface area contributed by atoms with Crippen molar-refractivity contribution < 1.29 is 37.0 Å². The van der Waals surface area contributed by atoms with E-state index in [1.165, 1.54) is 18.2 Å². The molecule has 3 aliphatic rings. The van der Waals surface area contributed by atoms with Gasteiger partial charge in [-0.1, -0.05) is 30.3 Å². The lowest BCUT2D eigenvalue weighted by atomic mass is 9.77. The number of carbonyl (C=O) groups excluding carboxylic acids is 2. The van der Waals surface area contributed by atoms with Gasteiger partial charge in [-0.25, -0.2) is 4.79 Å². The van der Waals surface area contributed by atoms with Gasteiger partial charge in [0.1, 0.15) is 17.8 Å². The fourth-order valence-corrected chi connectivity index (χ4v) is 5.07. The molecule has 0 radical (unpaired) electrons. The van der Waals surface area contributed by atoms with Crippen molar-refractivity contribution in [3.8, 4) is 17.2 Å². The van der Waals surface area contributed by atoms with Gasteiger partial charge in [-0.05, 0) is 29.8 Å². The van der Waals surface area contributed by atoms with Crippen LogP contribution in [-0.4, -0.2) is 38.4 Å². The van der Waals surface area contributed by atoms with Gasteiger partial charge in [-0.3, -0.25) is 4.79 Å². The van der Waals surface area contributed by atoms with E-state index in [4.69, 9.17) is 14.2 Å². The molecule has 3 amide bonds. The number of halogens is 3. The molecule has 8 nitrogen and oxygen atoms in total. The van der Waals surface area contributed by atoms with Crippen molar-refractivity contribution >= 4 is 23.3 Å². The first-order valence-electron chi connectivity index (χ1n) is 11.5. The summed E-state index contributed by atoms with van der Waals surface area (Å²) in [5.74, 6) is 1.39. The Morgan fingerprint density at radius 1 is 0.946 bits per heavy atom. The summed E-state index contributed by atoms with van der Waals surface area (Å²) in [4.78, 5) is 27.8. The fraction of sp³-hybridized carbons (Fsp3) is 0.231. The molecule has 3 heterocycles. The summed E-state index contributed by atoms with van der Waals surface area (Å²) in [6, 6.07) is 14.7. The molecule has 6 rings (SSSR count). The number of amides is 3. The molecular formula is C26H20F3N3O5. The molecule has 3 aliphatic heterocycles. The van der Waals surface area contributed by atoms with Crippen LogP contribution in [-0.2, 0) is 16.4 Å². The molecule has 3 aromatic carbocycles. The number of anilines is 2. The van der Waals surface area contributed by atoms with Crippen LogP contribution in [0.2, 0.25) is 0 Å². The van der Waals surface area contributed by atoms with Gasteiger partial charge >= 0.3 is 12.2 Å². The van der Waals surface area contributed by atoms with Gasteiger partial charge in [0.2, 0.25) is 12.7 Å². The highest BCUT2D eigenvalue weighted by Gasteiger charge is 2.57. The van der Waals surface area contributed by atoms with Crippen molar-refractivity contribution in [3.63, 3.8) is 0 Å². The second-order valence-corrected chi connectivity index (χ2v) is 8.79. The summed E-state index contributed by atoms with van der Waals surface area (Å²) in [6.45, 7) is 0.291. The summed E-state index contributed by atoms with van der Waals surface area (Å²) < 4.78 is 56.5. The average Bonchev–Trinajstić information content (AvgIpc) is 3.55. The molecule has 0 aromatic heterocycles. The summed E-state index contributed by atoms with van der Waals surface area (Å²) in [6.07, 6.45) is -4.61. The predicted octanol–water partition coefficient (Wildman–Crippen LogP) is 4.28. The summed E-state index contributed by atoms with van der Waals surface area (Å²) in [5.41, 5.74) is -0.275. The largest absolute Gasteiger partial charge is 0.491 e. The molecule has 1 unspecified atom stereocenters. The number of para-hydroxylation sites is 2. The van der Waals surface area contributed by atoms with Crippen LogP contribution in [0, 0.1) is 0 Å². The number of nitrogens with zero attached hydrogens (tertiary/aromatic N) is 1. The summed E-state index contributed by atoms with van der Waals surface area (Å²) in [5, 5.41) is 4.78. The normalized spacial score (nSPS) is 19.0. The number of ether oxygens (including phenoxy) is 3. The van der Waals surface area contributed by atoms with E-state index in [2.05, 4.69) is 10.6 Å². The molecule has 0 bridgehead atoms. The zero-order valence-corrected chi connectivity index (χ0v) is 19.2. The molecular weight excluding hydrogens is 491 g/mol. The van der Waals surface area contributed by atoms with Crippen molar-refractivity contribution in [3.05, 3.63) is 77.4 Å². The Morgan fingerprint density at radius 3 is 2.49 bits per heavy atom. The lowest BCUT2D eigenvalue weighted by Gasteiger charge is -2.23. The first-order valence-corrected chi connectivity index (χ1v) is 11.5. The van der Waals surface area contributed by atoms with Gasteiger partial charge in [0.25, 0.3) is 0 Å². The molecule has 11 heteroatoms. The Balaban J connectivity index is 1.21. The molecule has 0 saturated carbocycles. The number of hydrogen-bond acceptors (Lipinski definition) is 5. The highest BCUT2D eigenvalue weighted by molar-refractivity contribution is 6.11. The van der Waals surface area contributed by atoms with Gasteiger partial charge in [0.05, 0.1) is 11.3 Å². The molecule has 0 aliphatic carbocycles. The van der Waals surface area contributed by atoms with Crippen LogP contribution < -0.4 is 29.7 Å². The number of carbonyl (C=O) groups is 2. The van der Waals surface area contributed by atoms with Gasteiger partial charge < -0.3 is 29.7 Å². The van der Waals surface area contributed by atoms with Crippen molar-refractivity contribution in [2.75, 3.05) is 36.7 Å². The number of benzene rings is 3. The Bertz CT molecular complexity index is 1430. The van der Waals surface area contributed by atoms with Crippen LogP contribution in [0.1, 0.15) is 16.7 Å². The lowest BCUT2D eigenvalue weighted by Crippen LogP contribution is -2.45. The minimum absolute atomic E-state index is 0.00499. The fourth-order valence-electron chi connectivity index (χ4n) is 5.07. The number of fused-ring (bicyclic) bond motifs is 5. The maximum atomic E-state index is 13.9. The zero-order valence-electron chi connectivity index (χ0n) is 19.2. The van der Waals surface area contributed by atoms with E-state index in [9.17, 15) is 22.8 Å². The van der Waals surface area contributed by atoms with Crippen molar-refractivity contribution in [1.82, 2.24) is 5.32 Å². The first kappa shape index (κ1) is 23.0. The number of alkyl halides is 3. The van der Waals surface area contributed by atoms with E-state index >= 15 is 0 Å². The van der Waals surface area contributed by atoms with Gasteiger partial charge in [0.15, 0.2) is 11.5 Å². The van der Waals surface area contributed by atoms with Crippen molar-refractivity contribution in [1.29, 1.82) is 0 Å². The summed E-state index contributed by atoms with van der Waals surface area (Å²) in [7, 11) is 0. The third-order valence-electron chi connectivity index (χ3n) is 6.75. The maximum Gasteiger partial charge on any atom is 0.418 e. The second kappa shape index (κ2) is 8.32. The Labute approximate surface area is 208 Å². The van der Waals surface area contributed by atoms with Crippen molar-refractivity contribution in [2.45, 2.75) is 11.6 Å². The van der Waals surface area contributed by atoms with Crippen molar-refractivity contribution in [2.24, 2.45) is 0 Å². The van der Waals surface area contributed by atoms with Gasteiger partial charge in [-0.15, -0.1) is 0 Å². The van der Waals surface area contributed by atoms with Gasteiger partial charge in [0, 0.05) is 30.4 Å². The molecule has 1 atom stereocenters. The molecule has 0 fully saturated rings. The smallest absolute Gasteiger partial charge is 0.418 e. The lowest BCUT2D eigenvalue weighted by molar-refractivity contribution is -0.137. The van der Waals surface area contributed by atoms with Crippen LogP contribution in [0.5, 0.6) is 17.2 Å². The third-order valence-corrected chi connectivity index (χ3v) is 6.75. The molecule has 37 heavy (non-hydrogen) atoms. The number of rotatable bonds is 4. The standard InChI is InChI=1S/C26H20F3N3O5/c27-26(28,29)15-5-1-3-7-18(15)31-24(34)30-9-10-32-19-8-4-2-6-16(19)25(23(32)33)13-35-20-12-22-21(11-17(20)25)36-14-37-22/h1-8,11-12H,9-10,13-14H2,(H2,30,31,34). The average molecular weight is 511 g/mol. The Morgan fingerprint density at radius 2 is 1.68 bits per heavy atom. The number of urea groups is 1. The Hall–Kier alpha value is -4.41. The monoisotopic (exact) mass is 511 g/mol. The topological polar surface area (TPSA) is 89.1 Å². The van der Waals surface area contributed by atoms with Crippen LogP contribution in [0.3, 0.4) is 0 Å². The highest BCUT2D eigenvalue weighted by Crippen LogP contribution is 2.54. The van der Waals surface area contributed by atoms with E-state index in [1.807, 2.05) is 24.3 Å². The minimum atomic E-state index is -4.61. The molecule has 190 valence electrons. The molecule has 3 aromatic rings. The van der Waals surface area contributed by atoms with Crippen LogP contribution in [0.4, 0.5) is 29.3 Å². The maximum absolute atomic E-state index is 13.9. The quantitative estimate of drug-likeness (QED) is 0.546. The minimum Gasteiger partial charge on any atom is -0.491 e. The predicted molar refractivity (Wildman–Crippen MR) is 126 cm³/mol. The van der Waals surface area contributed by atoms with Crippen LogP contribution in [0.25, 0.3) is 0 Å². The zero-order chi connectivity index (χ0) is 25.8. The van der Waals surface area contributed by atoms with Gasteiger partial charge in [-0.2, -0.15) is 13.2 Å². The highest BCUT2D eigenvalue weighted by atomic mass is 19.4. The summed E-state index contributed by atoms with van der Waals surface area (Å²) >= 11 is 0. The number of nitrogens with one attached hydrogen (secondary N) is 2. The molecule has 1 spiro atoms. The third kappa shape index (κ3) is 3.61. The number of hydrogen-bond donors (Lipinski definition) is 2. The Kier molecular flexibility index (Phi) is 5.18.